The third-order valence-corrected chi connectivity index (χ3v) is 11.7. The summed E-state index contributed by atoms with van der Waals surface area (Å²) in [4.78, 5) is 0. The Morgan fingerprint density at radius 1 is 0.875 bits per heavy atom. The van der Waals surface area contributed by atoms with Crippen LogP contribution in [0.3, 0.4) is 0 Å². The first-order valence-corrected chi connectivity index (χ1v) is 14.4. The van der Waals surface area contributed by atoms with Crippen molar-refractivity contribution in [2.75, 3.05) is 0 Å². The fourth-order valence-electron chi connectivity index (χ4n) is 10.2. The van der Waals surface area contributed by atoms with Crippen LogP contribution in [-0.4, -0.2) is 11.2 Å². The lowest BCUT2D eigenvalue weighted by Gasteiger charge is -2.63. The molecule has 0 aromatic rings. The maximum atomic E-state index is 10.9. The summed E-state index contributed by atoms with van der Waals surface area (Å²) >= 11 is 0. The summed E-state index contributed by atoms with van der Waals surface area (Å²) in [5, 5.41) is 10.9. The zero-order valence-electron chi connectivity index (χ0n) is 22.3. The average Bonchev–Trinajstić information content (AvgIpc) is 3.07. The standard InChI is InChI=1S/C31H54O/c1-20(2)9-8-10-22(5)25-13-14-26-23-11-12-27-24(19-21(3)4)29(32)16-18-31(27,7)28(23)15-17-30(25,26)6/h20,22-29,32H,3,8-19H2,1-2,4-7H3/t22-,23+,24?,25-,26+,27?,28+,29?,30-,31+/m1/s1. The van der Waals surface area contributed by atoms with Crippen LogP contribution in [0.15, 0.2) is 12.2 Å². The Hall–Kier alpha value is -0.300. The predicted octanol–water partition coefficient (Wildman–Crippen LogP) is 8.66. The molecule has 0 spiro atoms. The molecule has 4 fully saturated rings. The van der Waals surface area contributed by atoms with Gasteiger partial charge in [-0.1, -0.05) is 59.5 Å². The van der Waals surface area contributed by atoms with Crippen molar-refractivity contribution in [2.24, 2.45) is 58.2 Å². The first-order valence-electron chi connectivity index (χ1n) is 14.4. The molecule has 4 aliphatic rings. The molecule has 0 radical (unpaired) electrons. The molecule has 184 valence electrons. The summed E-state index contributed by atoms with van der Waals surface area (Å²) in [7, 11) is 0. The van der Waals surface area contributed by atoms with Crippen LogP contribution in [0.2, 0.25) is 0 Å². The van der Waals surface area contributed by atoms with Gasteiger partial charge in [-0.3, -0.25) is 0 Å². The molecule has 0 amide bonds. The van der Waals surface area contributed by atoms with Crippen LogP contribution >= 0.6 is 0 Å². The molecular formula is C31H54O. The van der Waals surface area contributed by atoms with E-state index in [4.69, 9.17) is 0 Å². The molecule has 10 atom stereocenters. The zero-order valence-corrected chi connectivity index (χ0v) is 22.3. The van der Waals surface area contributed by atoms with Crippen LogP contribution in [0.5, 0.6) is 0 Å². The SMILES string of the molecule is C=C(C)CC1C(O)CC[C@@]2(C)C1CC[C@H]1[C@@H]3CC[C@H]([C@H](C)CCCC(C)C)[C@@]3(C)CC[C@@H]12. The number of aliphatic hydroxyl groups excluding tert-OH is 1. The minimum atomic E-state index is -0.0993. The van der Waals surface area contributed by atoms with Crippen LogP contribution in [0.1, 0.15) is 119 Å². The van der Waals surface area contributed by atoms with Gasteiger partial charge in [-0.15, -0.1) is 6.58 Å². The van der Waals surface area contributed by atoms with E-state index in [9.17, 15) is 5.11 Å². The first-order chi connectivity index (χ1) is 15.1. The van der Waals surface area contributed by atoms with Crippen LogP contribution in [0.25, 0.3) is 0 Å². The third kappa shape index (κ3) is 4.27. The summed E-state index contributed by atoms with van der Waals surface area (Å²) in [6.07, 6.45) is 16.2. The predicted molar refractivity (Wildman–Crippen MR) is 137 cm³/mol. The fourth-order valence-corrected chi connectivity index (χ4v) is 10.2. The molecule has 4 rings (SSSR count). The summed E-state index contributed by atoms with van der Waals surface area (Å²) in [6, 6.07) is 0. The summed E-state index contributed by atoms with van der Waals surface area (Å²) in [6.45, 7) is 19.1. The molecular weight excluding hydrogens is 388 g/mol. The van der Waals surface area contributed by atoms with Crippen molar-refractivity contribution in [1.82, 2.24) is 0 Å². The van der Waals surface area contributed by atoms with E-state index >= 15 is 0 Å². The minimum Gasteiger partial charge on any atom is -0.393 e. The van der Waals surface area contributed by atoms with Gasteiger partial charge in [0.1, 0.15) is 0 Å². The molecule has 1 nitrogen and oxygen atoms in total. The molecule has 4 saturated carbocycles. The van der Waals surface area contributed by atoms with E-state index in [1.165, 1.54) is 69.8 Å². The lowest BCUT2D eigenvalue weighted by molar-refractivity contribution is -0.152. The van der Waals surface area contributed by atoms with E-state index in [0.29, 0.717) is 22.7 Å². The Morgan fingerprint density at radius 3 is 2.22 bits per heavy atom. The summed E-state index contributed by atoms with van der Waals surface area (Å²) < 4.78 is 0. The topological polar surface area (TPSA) is 20.2 Å². The second kappa shape index (κ2) is 9.39. The van der Waals surface area contributed by atoms with Crippen LogP contribution in [-0.2, 0) is 0 Å². The molecule has 0 aromatic heterocycles. The van der Waals surface area contributed by atoms with E-state index in [1.807, 2.05) is 0 Å². The zero-order chi connectivity index (χ0) is 23.3. The molecule has 0 heterocycles. The van der Waals surface area contributed by atoms with Crippen molar-refractivity contribution < 1.29 is 5.11 Å². The van der Waals surface area contributed by atoms with Crippen molar-refractivity contribution in [1.29, 1.82) is 0 Å². The maximum absolute atomic E-state index is 10.9. The van der Waals surface area contributed by atoms with Crippen molar-refractivity contribution in [3.63, 3.8) is 0 Å². The van der Waals surface area contributed by atoms with Crippen molar-refractivity contribution in [2.45, 2.75) is 125 Å². The molecule has 3 unspecified atom stereocenters. The molecule has 1 N–H and O–H groups in total. The lowest BCUT2D eigenvalue weighted by Crippen LogP contribution is -2.56. The summed E-state index contributed by atoms with van der Waals surface area (Å²) in [5.74, 6) is 6.68. The normalized spacial score (nSPS) is 46.9. The molecule has 0 saturated heterocycles. The van der Waals surface area contributed by atoms with Gasteiger partial charge >= 0.3 is 0 Å². The van der Waals surface area contributed by atoms with Gasteiger partial charge in [-0.2, -0.15) is 0 Å². The van der Waals surface area contributed by atoms with Crippen molar-refractivity contribution in [3.05, 3.63) is 12.2 Å². The van der Waals surface area contributed by atoms with E-state index < -0.39 is 0 Å². The summed E-state index contributed by atoms with van der Waals surface area (Å²) in [5.41, 5.74) is 2.30. The number of hydrogen-bond acceptors (Lipinski definition) is 1. The van der Waals surface area contributed by atoms with E-state index in [1.54, 1.807) is 0 Å². The Morgan fingerprint density at radius 2 is 1.53 bits per heavy atom. The van der Waals surface area contributed by atoms with Crippen LogP contribution < -0.4 is 0 Å². The molecule has 1 heteroatoms. The number of hydrogen-bond donors (Lipinski definition) is 1. The monoisotopic (exact) mass is 442 g/mol. The molecule has 0 aromatic carbocycles. The smallest absolute Gasteiger partial charge is 0.0574 e. The third-order valence-electron chi connectivity index (χ3n) is 11.7. The molecule has 32 heavy (non-hydrogen) atoms. The van der Waals surface area contributed by atoms with Gasteiger partial charge in [0.25, 0.3) is 0 Å². The van der Waals surface area contributed by atoms with Gasteiger partial charge in [0.05, 0.1) is 6.10 Å². The second-order valence-electron chi connectivity index (χ2n) is 14.0. The molecule has 4 aliphatic carbocycles. The maximum Gasteiger partial charge on any atom is 0.0574 e. The number of aliphatic hydroxyl groups is 1. The van der Waals surface area contributed by atoms with E-state index in [0.717, 1.165) is 48.3 Å². The Bertz CT molecular complexity index is 665. The number of allylic oxidation sites excluding steroid dienone is 1. The Balaban J connectivity index is 1.49. The lowest BCUT2D eigenvalue weighted by atomic mass is 9.42. The van der Waals surface area contributed by atoms with Gasteiger partial charge in [0.2, 0.25) is 0 Å². The van der Waals surface area contributed by atoms with Gasteiger partial charge in [-0.05, 0) is 123 Å². The van der Waals surface area contributed by atoms with Gasteiger partial charge < -0.3 is 5.11 Å². The highest BCUT2D eigenvalue weighted by Crippen LogP contribution is 2.69. The highest BCUT2D eigenvalue weighted by Gasteiger charge is 2.61. The van der Waals surface area contributed by atoms with E-state index in [2.05, 4.69) is 48.1 Å². The largest absolute Gasteiger partial charge is 0.393 e. The Labute approximate surface area is 200 Å². The van der Waals surface area contributed by atoms with Crippen LogP contribution in [0.4, 0.5) is 0 Å². The first kappa shape index (κ1) is 24.8. The minimum absolute atomic E-state index is 0.0993. The van der Waals surface area contributed by atoms with Gasteiger partial charge in [-0.25, -0.2) is 0 Å². The van der Waals surface area contributed by atoms with Gasteiger partial charge in [0.15, 0.2) is 0 Å². The molecule has 0 aliphatic heterocycles. The Kier molecular flexibility index (Phi) is 7.28. The van der Waals surface area contributed by atoms with Gasteiger partial charge in [0, 0.05) is 0 Å². The average molecular weight is 443 g/mol. The fraction of sp³-hybridized carbons (Fsp3) is 0.935. The molecule has 0 bridgehead atoms. The number of rotatable bonds is 7. The van der Waals surface area contributed by atoms with E-state index in [-0.39, 0.29) is 6.10 Å². The van der Waals surface area contributed by atoms with Crippen LogP contribution in [0, 0.1) is 58.2 Å². The van der Waals surface area contributed by atoms with Crippen molar-refractivity contribution in [3.8, 4) is 0 Å². The highest BCUT2D eigenvalue weighted by molar-refractivity contribution is 5.12. The number of fused-ring (bicyclic) bond motifs is 5. The highest BCUT2D eigenvalue weighted by atomic mass is 16.3. The van der Waals surface area contributed by atoms with Crippen molar-refractivity contribution >= 4 is 0 Å². The quantitative estimate of drug-likeness (QED) is 0.391. The second-order valence-corrected chi connectivity index (χ2v) is 14.0.